The molecule has 1 saturated carbocycles. The van der Waals surface area contributed by atoms with E-state index in [0.717, 1.165) is 25.7 Å². The van der Waals surface area contributed by atoms with Gasteiger partial charge in [0.1, 0.15) is 17.1 Å². The lowest BCUT2D eigenvalue weighted by Gasteiger charge is -2.41. The number of nitrogens with one attached hydrogen (secondary N) is 2. The first-order valence-corrected chi connectivity index (χ1v) is 6.84. The van der Waals surface area contributed by atoms with Crippen molar-refractivity contribution in [3.63, 3.8) is 0 Å². The molecule has 1 aromatic heterocycles. The van der Waals surface area contributed by atoms with Gasteiger partial charge in [0.25, 0.3) is 0 Å². The summed E-state index contributed by atoms with van der Waals surface area (Å²) in [6, 6.07) is 1.20. The Balaban J connectivity index is 1.87. The predicted octanol–water partition coefficient (Wildman–Crippen LogP) is 2.42. The number of hydrogen-bond acceptors (Lipinski definition) is 3. The maximum atomic E-state index is 11.8. The van der Waals surface area contributed by atoms with Crippen LogP contribution in [0, 0.1) is 6.92 Å². The number of carbonyl (C=O) groups excluding carboxylic acids is 1. The zero-order valence-electron chi connectivity index (χ0n) is 11.8. The molecule has 1 aromatic rings. The third-order valence-corrected chi connectivity index (χ3v) is 3.99. The van der Waals surface area contributed by atoms with E-state index in [1.807, 2.05) is 0 Å². The number of carboxylic acids is 1. The van der Waals surface area contributed by atoms with Crippen molar-refractivity contribution in [3.8, 4) is 0 Å². The minimum Gasteiger partial charge on any atom is -0.478 e. The number of aromatic carboxylic acids is 1. The van der Waals surface area contributed by atoms with Crippen molar-refractivity contribution in [1.82, 2.24) is 10.6 Å². The molecule has 2 amide bonds. The molecule has 1 heterocycles. The number of hydrogen-bond donors (Lipinski definition) is 3. The van der Waals surface area contributed by atoms with Crippen molar-refractivity contribution in [2.75, 3.05) is 0 Å². The van der Waals surface area contributed by atoms with E-state index in [-0.39, 0.29) is 23.7 Å². The van der Waals surface area contributed by atoms with Crippen molar-refractivity contribution in [2.24, 2.45) is 0 Å². The van der Waals surface area contributed by atoms with Gasteiger partial charge in [-0.25, -0.2) is 9.59 Å². The Morgan fingerprint density at radius 3 is 2.60 bits per heavy atom. The summed E-state index contributed by atoms with van der Waals surface area (Å²) < 4.78 is 5.30. The number of rotatable bonds is 5. The SMILES string of the molecule is CCC1(NC(=O)NCc2cc(C(=O)O)c(C)o2)CCC1. The summed E-state index contributed by atoms with van der Waals surface area (Å²) in [5, 5.41) is 14.6. The van der Waals surface area contributed by atoms with Gasteiger partial charge in [0, 0.05) is 5.54 Å². The van der Waals surface area contributed by atoms with E-state index in [4.69, 9.17) is 9.52 Å². The number of urea groups is 1. The molecule has 3 N–H and O–H groups in total. The van der Waals surface area contributed by atoms with Crippen LogP contribution in [0.3, 0.4) is 0 Å². The highest BCUT2D eigenvalue weighted by Crippen LogP contribution is 2.34. The van der Waals surface area contributed by atoms with E-state index in [1.165, 1.54) is 6.07 Å². The molecular weight excluding hydrogens is 260 g/mol. The van der Waals surface area contributed by atoms with Crippen LogP contribution in [0.15, 0.2) is 10.5 Å². The Morgan fingerprint density at radius 1 is 1.45 bits per heavy atom. The van der Waals surface area contributed by atoms with Gasteiger partial charge in [0.05, 0.1) is 6.54 Å². The van der Waals surface area contributed by atoms with E-state index in [2.05, 4.69) is 17.6 Å². The first-order valence-electron chi connectivity index (χ1n) is 6.84. The highest BCUT2D eigenvalue weighted by molar-refractivity contribution is 5.88. The summed E-state index contributed by atoms with van der Waals surface area (Å²) in [6.45, 7) is 3.83. The van der Waals surface area contributed by atoms with E-state index >= 15 is 0 Å². The number of aryl methyl sites for hydroxylation is 1. The van der Waals surface area contributed by atoms with E-state index in [0.29, 0.717) is 11.5 Å². The molecule has 6 nitrogen and oxygen atoms in total. The highest BCUT2D eigenvalue weighted by Gasteiger charge is 2.36. The van der Waals surface area contributed by atoms with Crippen molar-refractivity contribution in [1.29, 1.82) is 0 Å². The van der Waals surface area contributed by atoms with Gasteiger partial charge in [-0.3, -0.25) is 0 Å². The average Bonchev–Trinajstić information content (AvgIpc) is 2.73. The fraction of sp³-hybridized carbons (Fsp3) is 0.571. The summed E-state index contributed by atoms with van der Waals surface area (Å²) in [6.07, 6.45) is 4.09. The Bertz CT molecular complexity index is 512. The van der Waals surface area contributed by atoms with Crippen LogP contribution in [0.5, 0.6) is 0 Å². The smallest absolute Gasteiger partial charge is 0.339 e. The van der Waals surface area contributed by atoms with Crippen LogP contribution in [0.4, 0.5) is 4.79 Å². The van der Waals surface area contributed by atoms with Gasteiger partial charge in [-0.2, -0.15) is 0 Å². The molecule has 2 rings (SSSR count). The molecule has 0 atom stereocenters. The van der Waals surface area contributed by atoms with Crippen LogP contribution < -0.4 is 10.6 Å². The molecule has 0 aliphatic heterocycles. The van der Waals surface area contributed by atoms with Crippen LogP contribution in [-0.4, -0.2) is 22.6 Å². The van der Waals surface area contributed by atoms with Gasteiger partial charge in [-0.05, 0) is 38.7 Å². The molecule has 0 aromatic carbocycles. The third-order valence-electron chi connectivity index (χ3n) is 3.99. The number of carbonyl (C=O) groups is 2. The Morgan fingerprint density at radius 2 is 2.15 bits per heavy atom. The van der Waals surface area contributed by atoms with Crippen molar-refractivity contribution >= 4 is 12.0 Å². The Hall–Kier alpha value is -1.98. The molecule has 0 unspecified atom stereocenters. The van der Waals surface area contributed by atoms with E-state index in [9.17, 15) is 9.59 Å². The monoisotopic (exact) mass is 280 g/mol. The maximum Gasteiger partial charge on any atom is 0.339 e. The minimum absolute atomic E-state index is 0.0601. The molecule has 1 fully saturated rings. The topological polar surface area (TPSA) is 91.6 Å². The third kappa shape index (κ3) is 2.95. The minimum atomic E-state index is -1.03. The summed E-state index contributed by atoms with van der Waals surface area (Å²) in [5.74, 6) is -0.241. The summed E-state index contributed by atoms with van der Waals surface area (Å²) in [5.41, 5.74) is 0.0706. The second-order valence-corrected chi connectivity index (χ2v) is 5.28. The lowest BCUT2D eigenvalue weighted by Crippen LogP contribution is -2.55. The van der Waals surface area contributed by atoms with Crippen LogP contribution in [0.2, 0.25) is 0 Å². The van der Waals surface area contributed by atoms with Crippen molar-refractivity contribution in [2.45, 2.75) is 51.6 Å². The number of furan rings is 1. The van der Waals surface area contributed by atoms with Gasteiger partial charge in [-0.1, -0.05) is 6.92 Å². The fourth-order valence-electron chi connectivity index (χ4n) is 2.47. The molecular formula is C14H20N2O4. The standard InChI is InChI=1S/C14H20N2O4/c1-3-14(5-4-6-14)16-13(19)15-8-10-7-11(12(17)18)9(2)20-10/h7H,3-6,8H2,1-2H3,(H,17,18)(H2,15,16,19). The largest absolute Gasteiger partial charge is 0.478 e. The summed E-state index contributed by atoms with van der Waals surface area (Å²) >= 11 is 0. The second-order valence-electron chi connectivity index (χ2n) is 5.28. The Labute approximate surface area is 117 Å². The average molecular weight is 280 g/mol. The fourth-order valence-corrected chi connectivity index (χ4v) is 2.47. The van der Waals surface area contributed by atoms with Crippen LogP contribution in [0.25, 0.3) is 0 Å². The molecule has 110 valence electrons. The molecule has 0 radical (unpaired) electrons. The second kappa shape index (κ2) is 5.56. The molecule has 0 saturated heterocycles. The van der Waals surface area contributed by atoms with Gasteiger partial charge < -0.3 is 20.2 Å². The summed E-state index contributed by atoms with van der Waals surface area (Å²) in [4.78, 5) is 22.7. The first-order chi connectivity index (χ1) is 9.46. The van der Waals surface area contributed by atoms with Crippen LogP contribution >= 0.6 is 0 Å². The molecule has 1 aliphatic rings. The summed E-state index contributed by atoms with van der Waals surface area (Å²) in [7, 11) is 0. The van der Waals surface area contributed by atoms with E-state index in [1.54, 1.807) is 6.92 Å². The van der Waals surface area contributed by atoms with Crippen molar-refractivity contribution in [3.05, 3.63) is 23.2 Å². The van der Waals surface area contributed by atoms with Gasteiger partial charge in [0.2, 0.25) is 0 Å². The van der Waals surface area contributed by atoms with Gasteiger partial charge in [-0.15, -0.1) is 0 Å². The lowest BCUT2D eigenvalue weighted by atomic mass is 9.75. The number of carboxylic acid groups (broad SMARTS) is 1. The zero-order valence-corrected chi connectivity index (χ0v) is 11.8. The highest BCUT2D eigenvalue weighted by atomic mass is 16.4. The number of amides is 2. The van der Waals surface area contributed by atoms with E-state index < -0.39 is 5.97 Å². The van der Waals surface area contributed by atoms with Gasteiger partial charge in [0.15, 0.2) is 0 Å². The molecule has 6 heteroatoms. The molecule has 0 bridgehead atoms. The molecule has 1 aliphatic carbocycles. The molecule has 0 spiro atoms. The van der Waals surface area contributed by atoms with Crippen molar-refractivity contribution < 1.29 is 19.1 Å². The zero-order chi connectivity index (χ0) is 14.8. The normalized spacial score (nSPS) is 16.3. The molecule has 20 heavy (non-hydrogen) atoms. The van der Waals surface area contributed by atoms with Gasteiger partial charge >= 0.3 is 12.0 Å². The Kier molecular flexibility index (Phi) is 4.01. The van der Waals surface area contributed by atoms with Crippen LogP contribution in [0.1, 0.15) is 54.5 Å². The lowest BCUT2D eigenvalue weighted by molar-refractivity contribution is 0.0695. The van der Waals surface area contributed by atoms with Crippen LogP contribution in [-0.2, 0) is 6.54 Å². The first kappa shape index (κ1) is 14.4. The quantitative estimate of drug-likeness (QED) is 0.772. The predicted molar refractivity (Wildman–Crippen MR) is 72.6 cm³/mol. The maximum absolute atomic E-state index is 11.8.